The lowest BCUT2D eigenvalue weighted by Crippen LogP contribution is -2.07. The lowest BCUT2D eigenvalue weighted by molar-refractivity contribution is 0.0599. The van der Waals surface area contributed by atoms with Gasteiger partial charge in [0.15, 0.2) is 0 Å². The minimum Gasteiger partial charge on any atom is -0.465 e. The predicted octanol–water partition coefficient (Wildman–Crippen LogP) is 2.39. The van der Waals surface area contributed by atoms with Crippen LogP contribution in [-0.4, -0.2) is 19.6 Å². The second-order valence-electron chi connectivity index (χ2n) is 3.74. The summed E-state index contributed by atoms with van der Waals surface area (Å²) in [7, 11) is 1.42. The maximum atomic E-state index is 11.6. The molecule has 0 saturated carbocycles. The van der Waals surface area contributed by atoms with Crippen LogP contribution in [0.2, 0.25) is 0 Å². The molecular weight excluding hydrogens is 190 g/mol. The number of methoxy groups -OCH3 is 1. The molecule has 0 aliphatic carbocycles. The molecule has 2 rings (SSSR count). The van der Waals surface area contributed by atoms with Crippen LogP contribution in [-0.2, 0) is 4.74 Å². The summed E-state index contributed by atoms with van der Waals surface area (Å²) in [6.45, 7) is 3.05. The van der Waals surface area contributed by atoms with Crippen LogP contribution >= 0.6 is 0 Å². The lowest BCUT2D eigenvalue weighted by Gasteiger charge is -2.10. The quantitative estimate of drug-likeness (QED) is 0.753. The number of esters is 1. The molecule has 0 bridgehead atoms. The SMILES string of the molecule is CCC1CNc2cccc(C(=O)OC)c21. The molecule has 1 aromatic carbocycles. The van der Waals surface area contributed by atoms with Crippen molar-refractivity contribution in [1.29, 1.82) is 0 Å². The predicted molar refractivity (Wildman–Crippen MR) is 59.3 cm³/mol. The lowest BCUT2D eigenvalue weighted by atomic mass is 9.94. The Labute approximate surface area is 89.4 Å². The standard InChI is InChI=1S/C12H15NO2/c1-3-8-7-13-10-6-4-5-9(11(8)10)12(14)15-2/h4-6,8,13H,3,7H2,1-2H3. The van der Waals surface area contributed by atoms with Gasteiger partial charge < -0.3 is 10.1 Å². The van der Waals surface area contributed by atoms with Crippen LogP contribution in [0, 0.1) is 0 Å². The van der Waals surface area contributed by atoms with Crippen molar-refractivity contribution in [2.45, 2.75) is 19.3 Å². The minimum atomic E-state index is -0.242. The fourth-order valence-corrected chi connectivity index (χ4v) is 2.13. The van der Waals surface area contributed by atoms with Crippen molar-refractivity contribution in [3.63, 3.8) is 0 Å². The normalized spacial score (nSPS) is 18.1. The fraction of sp³-hybridized carbons (Fsp3) is 0.417. The van der Waals surface area contributed by atoms with Gasteiger partial charge in [-0.2, -0.15) is 0 Å². The molecule has 80 valence electrons. The van der Waals surface area contributed by atoms with Gasteiger partial charge in [0.25, 0.3) is 0 Å². The van der Waals surface area contributed by atoms with Gasteiger partial charge in [0, 0.05) is 18.2 Å². The van der Waals surface area contributed by atoms with Gasteiger partial charge in [-0.25, -0.2) is 4.79 Å². The van der Waals surface area contributed by atoms with E-state index in [1.165, 1.54) is 7.11 Å². The average molecular weight is 205 g/mol. The number of benzene rings is 1. The van der Waals surface area contributed by atoms with Crippen LogP contribution in [0.15, 0.2) is 18.2 Å². The first-order valence-electron chi connectivity index (χ1n) is 5.23. The summed E-state index contributed by atoms with van der Waals surface area (Å²) in [6.07, 6.45) is 1.04. The Hall–Kier alpha value is -1.51. The fourth-order valence-electron chi connectivity index (χ4n) is 2.13. The highest BCUT2D eigenvalue weighted by Gasteiger charge is 2.26. The van der Waals surface area contributed by atoms with E-state index >= 15 is 0 Å². The van der Waals surface area contributed by atoms with E-state index in [0.717, 1.165) is 24.2 Å². The first-order chi connectivity index (χ1) is 7.27. The molecule has 3 heteroatoms. The average Bonchev–Trinajstić information content (AvgIpc) is 2.70. The largest absolute Gasteiger partial charge is 0.465 e. The third kappa shape index (κ3) is 1.58. The molecule has 15 heavy (non-hydrogen) atoms. The highest BCUT2D eigenvalue weighted by atomic mass is 16.5. The monoisotopic (exact) mass is 205 g/mol. The Morgan fingerprint density at radius 2 is 2.40 bits per heavy atom. The van der Waals surface area contributed by atoms with Crippen LogP contribution in [0.1, 0.15) is 35.2 Å². The Morgan fingerprint density at radius 1 is 1.60 bits per heavy atom. The van der Waals surface area contributed by atoms with E-state index in [1.807, 2.05) is 18.2 Å². The molecule has 0 spiro atoms. The molecule has 1 aliphatic rings. The van der Waals surface area contributed by atoms with Crippen molar-refractivity contribution in [2.75, 3.05) is 19.0 Å². The number of anilines is 1. The number of hydrogen-bond acceptors (Lipinski definition) is 3. The Kier molecular flexibility index (Phi) is 2.62. The van der Waals surface area contributed by atoms with E-state index in [4.69, 9.17) is 4.74 Å². The van der Waals surface area contributed by atoms with Gasteiger partial charge in [-0.15, -0.1) is 0 Å². The minimum absolute atomic E-state index is 0.242. The molecule has 1 aromatic rings. The van der Waals surface area contributed by atoms with Crippen LogP contribution in [0.5, 0.6) is 0 Å². The van der Waals surface area contributed by atoms with Crippen molar-refractivity contribution >= 4 is 11.7 Å². The van der Waals surface area contributed by atoms with Crippen molar-refractivity contribution in [1.82, 2.24) is 0 Å². The van der Waals surface area contributed by atoms with Gasteiger partial charge >= 0.3 is 5.97 Å². The van der Waals surface area contributed by atoms with Gasteiger partial charge in [-0.1, -0.05) is 13.0 Å². The third-order valence-corrected chi connectivity index (χ3v) is 2.95. The molecular formula is C12H15NO2. The molecule has 0 fully saturated rings. The van der Waals surface area contributed by atoms with E-state index in [1.54, 1.807) is 0 Å². The molecule has 0 amide bonds. The van der Waals surface area contributed by atoms with Crippen LogP contribution in [0.3, 0.4) is 0 Å². The molecule has 0 radical (unpaired) electrons. The molecule has 0 aromatic heterocycles. The Bertz CT molecular complexity index is 387. The maximum absolute atomic E-state index is 11.6. The van der Waals surface area contributed by atoms with E-state index in [9.17, 15) is 4.79 Å². The van der Waals surface area contributed by atoms with Crippen LogP contribution in [0.4, 0.5) is 5.69 Å². The first-order valence-corrected chi connectivity index (χ1v) is 5.23. The molecule has 1 atom stereocenters. The summed E-state index contributed by atoms with van der Waals surface area (Å²) in [5.74, 6) is 0.185. The van der Waals surface area contributed by atoms with Crippen molar-refractivity contribution in [3.05, 3.63) is 29.3 Å². The zero-order valence-electron chi connectivity index (χ0n) is 9.04. The van der Waals surface area contributed by atoms with Crippen molar-refractivity contribution in [3.8, 4) is 0 Å². The molecule has 1 aliphatic heterocycles. The second-order valence-corrected chi connectivity index (χ2v) is 3.74. The number of carbonyl (C=O) groups is 1. The van der Waals surface area contributed by atoms with E-state index in [-0.39, 0.29) is 5.97 Å². The summed E-state index contributed by atoms with van der Waals surface area (Å²) in [5.41, 5.74) is 2.89. The molecule has 1 heterocycles. The van der Waals surface area contributed by atoms with E-state index in [2.05, 4.69) is 12.2 Å². The van der Waals surface area contributed by atoms with E-state index in [0.29, 0.717) is 11.5 Å². The number of rotatable bonds is 2. The summed E-state index contributed by atoms with van der Waals surface area (Å²) < 4.78 is 4.79. The van der Waals surface area contributed by atoms with Gasteiger partial charge in [-0.3, -0.25) is 0 Å². The third-order valence-electron chi connectivity index (χ3n) is 2.95. The zero-order valence-corrected chi connectivity index (χ0v) is 9.04. The van der Waals surface area contributed by atoms with Gasteiger partial charge in [-0.05, 0) is 24.1 Å². The first kappa shape index (κ1) is 10.0. The topological polar surface area (TPSA) is 38.3 Å². The number of hydrogen-bond donors (Lipinski definition) is 1. The number of ether oxygens (including phenoxy) is 1. The van der Waals surface area contributed by atoms with Gasteiger partial charge in [0.05, 0.1) is 12.7 Å². The van der Waals surface area contributed by atoms with Gasteiger partial charge in [0.1, 0.15) is 0 Å². The Balaban J connectivity index is 2.48. The molecule has 1 unspecified atom stereocenters. The number of nitrogens with one attached hydrogen (secondary N) is 1. The highest BCUT2D eigenvalue weighted by molar-refractivity contribution is 5.93. The Morgan fingerprint density at radius 3 is 3.07 bits per heavy atom. The smallest absolute Gasteiger partial charge is 0.338 e. The summed E-state index contributed by atoms with van der Waals surface area (Å²) in [6, 6.07) is 5.73. The van der Waals surface area contributed by atoms with Crippen molar-refractivity contribution in [2.24, 2.45) is 0 Å². The summed E-state index contributed by atoms with van der Waals surface area (Å²) >= 11 is 0. The van der Waals surface area contributed by atoms with Crippen molar-refractivity contribution < 1.29 is 9.53 Å². The zero-order chi connectivity index (χ0) is 10.8. The summed E-state index contributed by atoms with van der Waals surface area (Å²) in [4.78, 5) is 11.6. The highest BCUT2D eigenvalue weighted by Crippen LogP contribution is 2.36. The van der Waals surface area contributed by atoms with Gasteiger partial charge in [0.2, 0.25) is 0 Å². The number of carbonyl (C=O) groups excluding carboxylic acids is 1. The molecule has 3 nitrogen and oxygen atoms in total. The molecule has 1 N–H and O–H groups in total. The summed E-state index contributed by atoms with van der Waals surface area (Å²) in [5, 5.41) is 3.31. The van der Waals surface area contributed by atoms with Crippen LogP contribution < -0.4 is 5.32 Å². The maximum Gasteiger partial charge on any atom is 0.338 e. The van der Waals surface area contributed by atoms with Crippen LogP contribution in [0.25, 0.3) is 0 Å². The molecule has 0 saturated heterocycles. The number of fused-ring (bicyclic) bond motifs is 1. The second kappa shape index (κ2) is 3.93. The van der Waals surface area contributed by atoms with E-state index < -0.39 is 0 Å².